The number of hydrogen-bond donors (Lipinski definition) is 0. The van der Waals surface area contributed by atoms with E-state index in [0.717, 1.165) is 26.9 Å². The number of rotatable bonds is 3. The van der Waals surface area contributed by atoms with Gasteiger partial charge in [-0.25, -0.2) is 4.52 Å². The summed E-state index contributed by atoms with van der Waals surface area (Å²) in [6, 6.07) is 5.83. The molecule has 0 aliphatic carbocycles. The molecule has 0 aromatic carbocycles. The number of halogens is 1. The molecule has 0 bridgehead atoms. The van der Waals surface area contributed by atoms with Crippen molar-refractivity contribution >= 4 is 33.9 Å². The molecule has 0 radical (unpaired) electrons. The van der Waals surface area contributed by atoms with Crippen LogP contribution < -0.4 is 0 Å². The summed E-state index contributed by atoms with van der Waals surface area (Å²) in [5, 5.41) is 4.47. The quantitative estimate of drug-likeness (QED) is 0.493. The van der Waals surface area contributed by atoms with Crippen molar-refractivity contribution in [3.8, 4) is 0 Å². The molecular formula is C12H13IN2O. The predicted molar refractivity (Wildman–Crippen MR) is 71.9 cm³/mol. The van der Waals surface area contributed by atoms with Crippen molar-refractivity contribution in [2.24, 2.45) is 0 Å². The summed E-state index contributed by atoms with van der Waals surface area (Å²) in [5.41, 5.74) is 2.72. The number of nitrogens with zero attached hydrogens (tertiary/aromatic N) is 2. The van der Waals surface area contributed by atoms with Crippen LogP contribution in [0.4, 0.5) is 0 Å². The third-order valence-electron chi connectivity index (χ3n) is 2.61. The Morgan fingerprint density at radius 2 is 2.19 bits per heavy atom. The Hall–Kier alpha value is -0.910. The first-order valence-electron chi connectivity index (χ1n) is 5.37. The number of ketones is 1. The molecule has 2 aromatic heterocycles. The Labute approximate surface area is 108 Å². The summed E-state index contributed by atoms with van der Waals surface area (Å²) in [4.78, 5) is 11.8. The van der Waals surface area contributed by atoms with Gasteiger partial charge in [0.05, 0.1) is 11.2 Å². The van der Waals surface area contributed by atoms with Gasteiger partial charge in [0.15, 0.2) is 5.78 Å². The molecule has 0 spiro atoms. The van der Waals surface area contributed by atoms with E-state index in [1.807, 2.05) is 29.6 Å². The Morgan fingerprint density at radius 1 is 1.44 bits per heavy atom. The van der Waals surface area contributed by atoms with Crippen LogP contribution in [0.2, 0.25) is 0 Å². The summed E-state index contributed by atoms with van der Waals surface area (Å²) in [7, 11) is 0. The number of aryl methyl sites for hydroxylation is 1. The van der Waals surface area contributed by atoms with Gasteiger partial charge in [0.25, 0.3) is 0 Å². The number of hydrogen-bond acceptors (Lipinski definition) is 2. The van der Waals surface area contributed by atoms with Crippen LogP contribution in [0.1, 0.15) is 36.3 Å². The predicted octanol–water partition coefficient (Wildman–Crippen LogP) is 3.09. The topological polar surface area (TPSA) is 34.4 Å². The lowest BCUT2D eigenvalue weighted by Gasteiger charge is -2.02. The lowest BCUT2D eigenvalue weighted by atomic mass is 10.1. The second-order valence-electron chi connectivity index (χ2n) is 3.63. The van der Waals surface area contributed by atoms with Crippen LogP contribution in [-0.2, 0) is 6.42 Å². The average molecular weight is 328 g/mol. The number of aromatic nitrogens is 2. The first kappa shape index (κ1) is 11.6. The molecule has 0 saturated carbocycles. The average Bonchev–Trinajstić information content (AvgIpc) is 2.73. The van der Waals surface area contributed by atoms with E-state index in [0.29, 0.717) is 6.42 Å². The summed E-state index contributed by atoms with van der Waals surface area (Å²) in [6.45, 7) is 3.95. The molecule has 0 saturated heterocycles. The third-order valence-corrected chi connectivity index (χ3v) is 3.43. The van der Waals surface area contributed by atoms with E-state index in [1.165, 1.54) is 0 Å². The summed E-state index contributed by atoms with van der Waals surface area (Å²) in [6.07, 6.45) is 1.42. The van der Waals surface area contributed by atoms with Crippen molar-refractivity contribution < 1.29 is 4.79 Å². The van der Waals surface area contributed by atoms with Crippen molar-refractivity contribution in [3.05, 3.63) is 33.2 Å². The maximum absolute atomic E-state index is 11.8. The van der Waals surface area contributed by atoms with Crippen LogP contribution in [-0.4, -0.2) is 15.4 Å². The maximum atomic E-state index is 11.8. The Morgan fingerprint density at radius 3 is 2.81 bits per heavy atom. The van der Waals surface area contributed by atoms with Crippen molar-refractivity contribution in [1.29, 1.82) is 0 Å². The highest BCUT2D eigenvalue weighted by Crippen LogP contribution is 2.18. The van der Waals surface area contributed by atoms with E-state index in [-0.39, 0.29) is 5.78 Å². The summed E-state index contributed by atoms with van der Waals surface area (Å²) in [5.74, 6) is 0.170. The van der Waals surface area contributed by atoms with Crippen LogP contribution >= 0.6 is 22.6 Å². The van der Waals surface area contributed by atoms with E-state index < -0.39 is 0 Å². The minimum Gasteiger partial charge on any atom is -0.294 e. The van der Waals surface area contributed by atoms with Crippen molar-refractivity contribution in [2.45, 2.75) is 26.7 Å². The number of carbonyl (C=O) groups is 1. The van der Waals surface area contributed by atoms with Gasteiger partial charge in [-0.15, -0.1) is 0 Å². The molecule has 0 aliphatic heterocycles. The molecule has 84 valence electrons. The molecule has 0 atom stereocenters. The monoisotopic (exact) mass is 328 g/mol. The van der Waals surface area contributed by atoms with E-state index in [4.69, 9.17) is 0 Å². The maximum Gasteiger partial charge on any atom is 0.164 e. The molecule has 0 amide bonds. The Kier molecular flexibility index (Phi) is 3.28. The summed E-state index contributed by atoms with van der Waals surface area (Å²) < 4.78 is 2.88. The van der Waals surface area contributed by atoms with Crippen LogP contribution in [0, 0.1) is 3.70 Å². The van der Waals surface area contributed by atoms with Gasteiger partial charge in [-0.2, -0.15) is 5.10 Å². The van der Waals surface area contributed by atoms with Gasteiger partial charge < -0.3 is 0 Å². The first-order chi connectivity index (χ1) is 7.67. The highest BCUT2D eigenvalue weighted by molar-refractivity contribution is 14.1. The van der Waals surface area contributed by atoms with E-state index >= 15 is 0 Å². The van der Waals surface area contributed by atoms with Crippen molar-refractivity contribution in [3.63, 3.8) is 0 Å². The second-order valence-corrected chi connectivity index (χ2v) is 4.74. The molecule has 2 rings (SSSR count). The molecule has 0 fully saturated rings. The largest absolute Gasteiger partial charge is 0.294 e. The fourth-order valence-electron chi connectivity index (χ4n) is 1.69. The first-order valence-corrected chi connectivity index (χ1v) is 6.45. The number of fused-ring (bicyclic) bond motifs is 1. The SMILES string of the molecule is CCC(=O)c1ccc(I)n2nc(CC)cc12. The highest BCUT2D eigenvalue weighted by Gasteiger charge is 2.12. The zero-order valence-electron chi connectivity index (χ0n) is 9.33. The third kappa shape index (κ3) is 1.86. The normalized spacial score (nSPS) is 10.9. The molecule has 0 aliphatic rings. The highest BCUT2D eigenvalue weighted by atomic mass is 127. The number of Topliss-reactive ketones (excluding diaryl/α,β-unsaturated/α-hetero) is 1. The van der Waals surface area contributed by atoms with Crippen molar-refractivity contribution in [1.82, 2.24) is 9.61 Å². The molecule has 0 N–H and O–H groups in total. The van der Waals surface area contributed by atoms with Crippen LogP contribution in [0.25, 0.3) is 5.52 Å². The van der Waals surface area contributed by atoms with E-state index in [1.54, 1.807) is 0 Å². The van der Waals surface area contributed by atoms with Crippen LogP contribution in [0.5, 0.6) is 0 Å². The molecule has 2 aromatic rings. The molecule has 3 nitrogen and oxygen atoms in total. The Balaban J connectivity index is 2.72. The van der Waals surface area contributed by atoms with Gasteiger partial charge >= 0.3 is 0 Å². The minimum absolute atomic E-state index is 0.170. The minimum atomic E-state index is 0.170. The lowest BCUT2D eigenvalue weighted by molar-refractivity contribution is 0.0989. The molecule has 4 heteroatoms. The molecular weight excluding hydrogens is 315 g/mol. The van der Waals surface area contributed by atoms with Gasteiger partial charge in [0.2, 0.25) is 0 Å². The van der Waals surface area contributed by atoms with Gasteiger partial charge in [-0.3, -0.25) is 4.79 Å². The molecule has 0 unspecified atom stereocenters. The summed E-state index contributed by atoms with van der Waals surface area (Å²) >= 11 is 2.23. The van der Waals surface area contributed by atoms with Crippen LogP contribution in [0.15, 0.2) is 18.2 Å². The smallest absolute Gasteiger partial charge is 0.164 e. The van der Waals surface area contributed by atoms with Crippen molar-refractivity contribution in [2.75, 3.05) is 0 Å². The Bertz CT molecular complexity index is 545. The van der Waals surface area contributed by atoms with Gasteiger partial charge in [0, 0.05) is 12.0 Å². The van der Waals surface area contributed by atoms with E-state index in [2.05, 4.69) is 34.6 Å². The van der Waals surface area contributed by atoms with Gasteiger partial charge in [0.1, 0.15) is 3.70 Å². The zero-order chi connectivity index (χ0) is 11.7. The fraction of sp³-hybridized carbons (Fsp3) is 0.333. The van der Waals surface area contributed by atoms with E-state index in [9.17, 15) is 4.79 Å². The number of carbonyl (C=O) groups excluding carboxylic acids is 1. The number of pyridine rings is 1. The second kappa shape index (κ2) is 4.53. The standard InChI is InChI=1S/C12H13IN2O/c1-3-8-7-10-9(11(16)4-2)5-6-12(13)15(10)14-8/h5-7H,3-4H2,1-2H3. The lowest BCUT2D eigenvalue weighted by Crippen LogP contribution is -2.02. The van der Waals surface area contributed by atoms with Crippen LogP contribution in [0.3, 0.4) is 0 Å². The van der Waals surface area contributed by atoms with Gasteiger partial charge in [-0.1, -0.05) is 13.8 Å². The fourth-order valence-corrected chi connectivity index (χ4v) is 2.24. The molecule has 2 heterocycles. The van der Waals surface area contributed by atoms with Gasteiger partial charge in [-0.05, 0) is 47.2 Å². The zero-order valence-corrected chi connectivity index (χ0v) is 11.5. The molecule has 16 heavy (non-hydrogen) atoms.